The molecule has 0 saturated carbocycles. The van der Waals surface area contributed by atoms with E-state index in [0.717, 1.165) is 17.7 Å². The van der Waals surface area contributed by atoms with Crippen molar-refractivity contribution in [1.29, 1.82) is 0 Å². The van der Waals surface area contributed by atoms with Crippen molar-refractivity contribution >= 4 is 16.9 Å². The molecule has 1 aromatic heterocycles. The summed E-state index contributed by atoms with van der Waals surface area (Å²) in [7, 11) is 0. The zero-order valence-electron chi connectivity index (χ0n) is 17.7. The van der Waals surface area contributed by atoms with Gasteiger partial charge in [0.15, 0.2) is 0 Å². The highest BCUT2D eigenvalue weighted by atomic mass is 16.5. The van der Waals surface area contributed by atoms with Crippen LogP contribution < -0.4 is 4.90 Å². The van der Waals surface area contributed by atoms with E-state index in [1.54, 1.807) is 19.1 Å². The number of rotatable bonds is 6. The summed E-state index contributed by atoms with van der Waals surface area (Å²) in [6, 6.07) is 13.9. The predicted octanol–water partition coefficient (Wildman–Crippen LogP) is 3.80. The summed E-state index contributed by atoms with van der Waals surface area (Å²) in [5.41, 5.74) is 2.97. The van der Waals surface area contributed by atoms with Gasteiger partial charge in [-0.05, 0) is 50.8 Å². The second-order valence-corrected chi connectivity index (χ2v) is 8.32. The standard InChI is InChI=1S/C25H29NO4/c1-17-8-6-7-14-26(17)16-20-21(27)11-12-22-24(20)23(18(2)30-22)25(28)29-15-13-19-9-4-3-5-10-19/h3-5,9-12,17,27H,6-8,13-16H2,1-2H3/p+1/t17-/m0/s1. The Labute approximate surface area is 177 Å². The summed E-state index contributed by atoms with van der Waals surface area (Å²) in [4.78, 5) is 14.4. The van der Waals surface area contributed by atoms with Gasteiger partial charge < -0.3 is 19.2 Å². The van der Waals surface area contributed by atoms with Crippen LogP contribution in [0.3, 0.4) is 0 Å². The van der Waals surface area contributed by atoms with E-state index in [0.29, 0.717) is 47.9 Å². The van der Waals surface area contributed by atoms with Crippen molar-refractivity contribution in [1.82, 2.24) is 0 Å². The number of hydrogen-bond acceptors (Lipinski definition) is 4. The number of esters is 1. The first-order valence-electron chi connectivity index (χ1n) is 10.8. The lowest BCUT2D eigenvalue weighted by Gasteiger charge is -2.30. The van der Waals surface area contributed by atoms with E-state index in [1.165, 1.54) is 24.2 Å². The lowest BCUT2D eigenvalue weighted by molar-refractivity contribution is -0.941. The fraction of sp³-hybridized carbons (Fsp3) is 0.400. The van der Waals surface area contributed by atoms with Gasteiger partial charge in [-0.1, -0.05) is 30.3 Å². The number of hydrogen-bond donors (Lipinski definition) is 2. The van der Waals surface area contributed by atoms with Gasteiger partial charge in [0.2, 0.25) is 0 Å². The maximum atomic E-state index is 13.0. The van der Waals surface area contributed by atoms with E-state index < -0.39 is 5.97 Å². The normalized spacial score (nSPS) is 19.1. The number of aromatic hydroxyl groups is 1. The fourth-order valence-corrected chi connectivity index (χ4v) is 4.51. The van der Waals surface area contributed by atoms with E-state index in [1.807, 2.05) is 30.3 Å². The molecule has 30 heavy (non-hydrogen) atoms. The smallest absolute Gasteiger partial charge is 0.342 e. The van der Waals surface area contributed by atoms with Crippen LogP contribution in [0.15, 0.2) is 46.9 Å². The molecule has 5 heteroatoms. The zero-order valence-corrected chi connectivity index (χ0v) is 17.7. The van der Waals surface area contributed by atoms with Gasteiger partial charge >= 0.3 is 5.97 Å². The Morgan fingerprint density at radius 1 is 1.20 bits per heavy atom. The predicted molar refractivity (Wildman–Crippen MR) is 116 cm³/mol. The molecule has 5 nitrogen and oxygen atoms in total. The molecule has 0 radical (unpaired) electrons. The molecular weight excluding hydrogens is 378 g/mol. The Hall–Kier alpha value is -2.79. The molecule has 1 unspecified atom stereocenters. The number of ether oxygens (including phenoxy) is 1. The monoisotopic (exact) mass is 408 g/mol. The van der Waals surface area contributed by atoms with Crippen LogP contribution >= 0.6 is 0 Å². The van der Waals surface area contributed by atoms with Gasteiger partial charge in [-0.2, -0.15) is 0 Å². The first-order valence-corrected chi connectivity index (χ1v) is 10.8. The SMILES string of the molecule is Cc1oc2ccc(O)c(C[NH+]3CCCC[C@@H]3C)c2c1C(=O)OCCc1ccccc1. The quantitative estimate of drug-likeness (QED) is 0.609. The molecule has 4 rings (SSSR count). The van der Waals surface area contributed by atoms with Gasteiger partial charge in [0.25, 0.3) is 0 Å². The van der Waals surface area contributed by atoms with Crippen LogP contribution in [0.4, 0.5) is 0 Å². The van der Waals surface area contributed by atoms with E-state index in [2.05, 4.69) is 6.92 Å². The minimum atomic E-state index is -0.393. The average molecular weight is 409 g/mol. The van der Waals surface area contributed by atoms with Gasteiger partial charge in [-0.3, -0.25) is 0 Å². The Morgan fingerprint density at radius 2 is 2.00 bits per heavy atom. The second kappa shape index (κ2) is 8.92. The zero-order chi connectivity index (χ0) is 21.1. The third kappa shape index (κ3) is 4.21. The first-order chi connectivity index (χ1) is 14.5. The molecule has 158 valence electrons. The highest BCUT2D eigenvalue weighted by molar-refractivity contribution is 6.06. The summed E-state index contributed by atoms with van der Waals surface area (Å²) in [5, 5.41) is 11.4. The van der Waals surface area contributed by atoms with Gasteiger partial charge in [-0.15, -0.1) is 0 Å². The number of quaternary nitrogens is 1. The van der Waals surface area contributed by atoms with Crippen LogP contribution in [0.5, 0.6) is 5.75 Å². The van der Waals surface area contributed by atoms with Crippen LogP contribution in [0, 0.1) is 6.92 Å². The van der Waals surface area contributed by atoms with Crippen molar-refractivity contribution in [3.05, 3.63) is 64.9 Å². The van der Waals surface area contributed by atoms with Crippen molar-refractivity contribution in [2.45, 2.75) is 52.1 Å². The number of aryl methyl sites for hydroxylation is 1. The average Bonchev–Trinajstić information content (AvgIpc) is 3.08. The molecule has 0 spiro atoms. The largest absolute Gasteiger partial charge is 0.507 e. The van der Waals surface area contributed by atoms with Gasteiger partial charge in [0.1, 0.15) is 29.2 Å². The van der Waals surface area contributed by atoms with Crippen molar-refractivity contribution in [2.75, 3.05) is 13.2 Å². The summed E-state index contributed by atoms with van der Waals surface area (Å²) >= 11 is 0. The van der Waals surface area contributed by atoms with Crippen molar-refractivity contribution in [2.24, 2.45) is 0 Å². The fourth-order valence-electron chi connectivity index (χ4n) is 4.51. The van der Waals surface area contributed by atoms with Crippen LogP contribution in [0.2, 0.25) is 0 Å². The number of phenolic OH excluding ortho intramolecular Hbond substituents is 1. The van der Waals surface area contributed by atoms with Crippen LogP contribution in [-0.4, -0.2) is 30.3 Å². The number of carbonyl (C=O) groups is 1. The molecule has 1 fully saturated rings. The molecule has 0 bridgehead atoms. The Balaban J connectivity index is 1.60. The number of phenols is 1. The maximum Gasteiger partial charge on any atom is 0.342 e. The van der Waals surface area contributed by atoms with Crippen LogP contribution in [0.1, 0.15) is 53.4 Å². The minimum absolute atomic E-state index is 0.215. The number of likely N-dealkylation sites (tertiary alicyclic amines) is 1. The summed E-state index contributed by atoms with van der Waals surface area (Å²) in [6.45, 7) is 6.09. The van der Waals surface area contributed by atoms with Crippen molar-refractivity contribution in [3.8, 4) is 5.75 Å². The Morgan fingerprint density at radius 3 is 2.77 bits per heavy atom. The van der Waals surface area contributed by atoms with Crippen LogP contribution in [0.25, 0.3) is 11.0 Å². The highest BCUT2D eigenvalue weighted by Crippen LogP contribution is 2.34. The van der Waals surface area contributed by atoms with Gasteiger partial charge in [0.05, 0.1) is 24.8 Å². The Kier molecular flexibility index (Phi) is 6.09. The number of carbonyl (C=O) groups excluding carboxylic acids is 1. The Bertz CT molecular complexity index is 1020. The molecule has 1 aliphatic heterocycles. The topological polar surface area (TPSA) is 64.1 Å². The molecule has 1 aliphatic rings. The molecule has 0 amide bonds. The van der Waals surface area contributed by atoms with Gasteiger partial charge in [0, 0.05) is 11.8 Å². The van der Waals surface area contributed by atoms with Crippen molar-refractivity contribution in [3.63, 3.8) is 0 Å². The molecule has 2 aromatic carbocycles. The van der Waals surface area contributed by atoms with Crippen LogP contribution in [-0.2, 0) is 17.7 Å². The van der Waals surface area contributed by atoms with E-state index in [-0.39, 0.29) is 5.75 Å². The highest BCUT2D eigenvalue weighted by Gasteiger charge is 2.28. The number of piperidine rings is 1. The van der Waals surface area contributed by atoms with E-state index in [4.69, 9.17) is 9.15 Å². The molecular formula is C25H30NO4+. The summed E-state index contributed by atoms with van der Waals surface area (Å²) in [5.74, 6) is 0.353. The third-order valence-electron chi connectivity index (χ3n) is 6.27. The first kappa shape index (κ1) is 20.5. The lowest BCUT2D eigenvalue weighted by Crippen LogP contribution is -3.14. The number of furan rings is 1. The molecule has 1 saturated heterocycles. The summed E-state index contributed by atoms with van der Waals surface area (Å²) in [6.07, 6.45) is 4.29. The third-order valence-corrected chi connectivity index (χ3v) is 6.27. The summed E-state index contributed by atoms with van der Waals surface area (Å²) < 4.78 is 11.5. The van der Waals surface area contributed by atoms with Gasteiger partial charge in [-0.25, -0.2) is 4.79 Å². The number of benzene rings is 2. The minimum Gasteiger partial charge on any atom is -0.507 e. The molecule has 2 heterocycles. The van der Waals surface area contributed by atoms with E-state index >= 15 is 0 Å². The number of nitrogens with one attached hydrogen (secondary N) is 1. The number of fused-ring (bicyclic) bond motifs is 1. The lowest BCUT2D eigenvalue weighted by atomic mass is 9.99. The molecule has 2 atom stereocenters. The second-order valence-electron chi connectivity index (χ2n) is 8.32. The molecule has 2 N–H and O–H groups in total. The molecule has 3 aromatic rings. The van der Waals surface area contributed by atoms with Crippen molar-refractivity contribution < 1.29 is 24.0 Å². The maximum absolute atomic E-state index is 13.0. The molecule has 0 aliphatic carbocycles. The van der Waals surface area contributed by atoms with E-state index in [9.17, 15) is 9.90 Å².